The highest BCUT2D eigenvalue weighted by atomic mass is 19.3. The summed E-state index contributed by atoms with van der Waals surface area (Å²) in [5.41, 5.74) is 1.52. The Balaban J connectivity index is 2.02. The summed E-state index contributed by atoms with van der Waals surface area (Å²) in [5, 5.41) is 0. The predicted molar refractivity (Wildman–Crippen MR) is 59.4 cm³/mol. The molecule has 2 aromatic heterocycles. The minimum Gasteiger partial charge on any atom is -0.291 e. The third-order valence-electron chi connectivity index (χ3n) is 3.17. The Labute approximate surface area is 97.5 Å². The second-order valence-electron chi connectivity index (χ2n) is 4.93. The zero-order chi connectivity index (χ0) is 12.2. The largest absolute Gasteiger partial charge is 0.291 e. The number of rotatable bonds is 2. The highest BCUT2D eigenvalue weighted by molar-refractivity contribution is 5.35. The van der Waals surface area contributed by atoms with E-state index in [0.717, 1.165) is 5.69 Å². The molecule has 1 atom stereocenters. The summed E-state index contributed by atoms with van der Waals surface area (Å²) in [7, 11) is 0. The van der Waals surface area contributed by atoms with E-state index in [1.807, 2.05) is 20.0 Å². The van der Waals surface area contributed by atoms with E-state index in [2.05, 4.69) is 9.97 Å². The Hall–Kier alpha value is -1.52. The average molecular weight is 237 g/mol. The molecule has 5 heteroatoms. The van der Waals surface area contributed by atoms with E-state index >= 15 is 0 Å². The quantitative estimate of drug-likeness (QED) is 0.803. The first-order valence-corrected chi connectivity index (χ1v) is 5.70. The molecular weight excluding hydrogens is 224 g/mol. The fourth-order valence-electron chi connectivity index (χ4n) is 1.95. The molecule has 2 heterocycles. The maximum Gasteiger partial charge on any atom is 0.256 e. The van der Waals surface area contributed by atoms with Crippen LogP contribution in [0.3, 0.4) is 0 Å². The number of aromatic nitrogens is 3. The lowest BCUT2D eigenvalue weighted by atomic mass is 10.2. The van der Waals surface area contributed by atoms with Gasteiger partial charge in [-0.25, -0.2) is 18.7 Å². The van der Waals surface area contributed by atoms with Crippen molar-refractivity contribution in [2.75, 3.05) is 0 Å². The smallest absolute Gasteiger partial charge is 0.256 e. The molecule has 1 aliphatic carbocycles. The van der Waals surface area contributed by atoms with Crippen molar-refractivity contribution in [2.24, 2.45) is 0 Å². The molecule has 90 valence electrons. The second kappa shape index (κ2) is 3.24. The lowest BCUT2D eigenvalue weighted by Crippen LogP contribution is -1.96. The molecule has 3 nitrogen and oxygen atoms in total. The Kier molecular flexibility index (Phi) is 2.03. The fraction of sp³-hybridized carbons (Fsp3) is 0.500. The van der Waals surface area contributed by atoms with Crippen LogP contribution < -0.4 is 0 Å². The average Bonchev–Trinajstić information content (AvgIpc) is 2.74. The number of hydrogen-bond donors (Lipinski definition) is 0. The van der Waals surface area contributed by atoms with Crippen LogP contribution in [0.1, 0.15) is 43.4 Å². The highest BCUT2D eigenvalue weighted by Gasteiger charge is 2.57. The van der Waals surface area contributed by atoms with Crippen molar-refractivity contribution < 1.29 is 8.78 Å². The maximum absolute atomic E-state index is 13.0. The van der Waals surface area contributed by atoms with Gasteiger partial charge < -0.3 is 0 Å². The van der Waals surface area contributed by atoms with E-state index < -0.39 is 11.8 Å². The summed E-state index contributed by atoms with van der Waals surface area (Å²) < 4.78 is 27.7. The Morgan fingerprint density at radius 2 is 2.12 bits per heavy atom. The van der Waals surface area contributed by atoms with Crippen molar-refractivity contribution in [2.45, 2.75) is 38.0 Å². The van der Waals surface area contributed by atoms with Crippen molar-refractivity contribution in [1.29, 1.82) is 0 Å². The van der Waals surface area contributed by atoms with Gasteiger partial charge >= 0.3 is 0 Å². The first-order chi connectivity index (χ1) is 7.97. The SMILES string of the molecule is CC(C)c1cn2cc(C3CC3(F)F)cnc2n1. The van der Waals surface area contributed by atoms with Gasteiger partial charge in [-0.05, 0) is 11.5 Å². The van der Waals surface area contributed by atoms with Crippen molar-refractivity contribution in [3.05, 3.63) is 29.8 Å². The Morgan fingerprint density at radius 3 is 2.71 bits per heavy atom. The molecule has 0 N–H and O–H groups in total. The fourth-order valence-corrected chi connectivity index (χ4v) is 1.95. The summed E-state index contributed by atoms with van der Waals surface area (Å²) in [6.07, 6.45) is 5.02. The first-order valence-electron chi connectivity index (χ1n) is 5.70. The summed E-state index contributed by atoms with van der Waals surface area (Å²) in [5.74, 6) is -2.33. The van der Waals surface area contributed by atoms with Gasteiger partial charge in [0.2, 0.25) is 5.78 Å². The molecule has 0 amide bonds. The van der Waals surface area contributed by atoms with Crippen LogP contribution in [-0.2, 0) is 0 Å². The van der Waals surface area contributed by atoms with E-state index in [9.17, 15) is 8.78 Å². The lowest BCUT2D eigenvalue weighted by molar-refractivity contribution is 0.112. The predicted octanol–water partition coefficient (Wildman–Crippen LogP) is 2.98. The molecule has 17 heavy (non-hydrogen) atoms. The summed E-state index contributed by atoms with van der Waals surface area (Å²) in [6, 6.07) is 0. The molecule has 0 radical (unpaired) electrons. The van der Waals surface area contributed by atoms with E-state index in [-0.39, 0.29) is 6.42 Å². The monoisotopic (exact) mass is 237 g/mol. The number of imidazole rings is 1. The van der Waals surface area contributed by atoms with Crippen molar-refractivity contribution in [3.8, 4) is 0 Å². The standard InChI is InChI=1S/C12H13F2N3/c1-7(2)10-6-17-5-8(4-15-11(17)16-10)9-3-12(9,13)14/h4-7,9H,3H2,1-2H3. The molecule has 0 aromatic carbocycles. The normalized spacial score (nSPS) is 22.3. The van der Waals surface area contributed by atoms with Crippen molar-refractivity contribution in [3.63, 3.8) is 0 Å². The summed E-state index contributed by atoms with van der Waals surface area (Å²) in [6.45, 7) is 4.08. The van der Waals surface area contributed by atoms with Gasteiger partial charge in [0, 0.05) is 25.0 Å². The van der Waals surface area contributed by atoms with Gasteiger partial charge in [0.15, 0.2) is 0 Å². The van der Waals surface area contributed by atoms with Crippen LogP contribution in [0.4, 0.5) is 8.78 Å². The van der Waals surface area contributed by atoms with Crippen LogP contribution in [0.5, 0.6) is 0 Å². The van der Waals surface area contributed by atoms with Crippen molar-refractivity contribution in [1.82, 2.24) is 14.4 Å². The van der Waals surface area contributed by atoms with Crippen LogP contribution in [-0.4, -0.2) is 20.3 Å². The summed E-state index contributed by atoms with van der Waals surface area (Å²) in [4.78, 5) is 8.46. The van der Waals surface area contributed by atoms with Gasteiger partial charge in [0.1, 0.15) is 0 Å². The van der Waals surface area contributed by atoms with Gasteiger partial charge in [-0.3, -0.25) is 4.40 Å². The van der Waals surface area contributed by atoms with Crippen molar-refractivity contribution >= 4 is 5.78 Å². The second-order valence-corrected chi connectivity index (χ2v) is 4.93. The molecule has 1 fully saturated rings. The van der Waals surface area contributed by atoms with Crippen LogP contribution >= 0.6 is 0 Å². The van der Waals surface area contributed by atoms with Crippen LogP contribution in [0.25, 0.3) is 5.78 Å². The van der Waals surface area contributed by atoms with E-state index in [1.54, 1.807) is 10.6 Å². The van der Waals surface area contributed by atoms with Crippen LogP contribution in [0, 0.1) is 0 Å². The molecule has 0 saturated heterocycles. The molecule has 0 aliphatic heterocycles. The minimum atomic E-state index is -2.54. The molecule has 3 rings (SSSR count). The molecule has 0 spiro atoms. The highest BCUT2D eigenvalue weighted by Crippen LogP contribution is 2.55. The van der Waals surface area contributed by atoms with Crippen LogP contribution in [0.2, 0.25) is 0 Å². The summed E-state index contributed by atoms with van der Waals surface area (Å²) >= 11 is 0. The molecule has 1 aliphatic rings. The van der Waals surface area contributed by atoms with Gasteiger partial charge in [0.25, 0.3) is 5.92 Å². The number of hydrogen-bond acceptors (Lipinski definition) is 2. The lowest BCUT2D eigenvalue weighted by Gasteiger charge is -1.99. The molecule has 1 saturated carbocycles. The Morgan fingerprint density at radius 1 is 1.41 bits per heavy atom. The number of nitrogens with zero attached hydrogens (tertiary/aromatic N) is 3. The molecule has 2 aromatic rings. The van der Waals surface area contributed by atoms with E-state index in [0.29, 0.717) is 17.3 Å². The molecule has 0 bridgehead atoms. The van der Waals surface area contributed by atoms with Gasteiger partial charge in [-0.15, -0.1) is 0 Å². The number of halogens is 2. The third kappa shape index (κ3) is 1.69. The first kappa shape index (κ1) is 10.6. The third-order valence-corrected chi connectivity index (χ3v) is 3.17. The van der Waals surface area contributed by atoms with E-state index in [4.69, 9.17) is 0 Å². The number of alkyl halides is 2. The minimum absolute atomic E-state index is 0.0636. The number of fused-ring (bicyclic) bond motifs is 1. The topological polar surface area (TPSA) is 30.2 Å². The zero-order valence-electron chi connectivity index (χ0n) is 9.69. The van der Waals surface area contributed by atoms with Crippen LogP contribution in [0.15, 0.2) is 18.6 Å². The molecular formula is C12H13F2N3. The maximum atomic E-state index is 13.0. The van der Waals surface area contributed by atoms with Gasteiger partial charge in [-0.1, -0.05) is 13.8 Å². The zero-order valence-corrected chi connectivity index (χ0v) is 9.69. The van der Waals surface area contributed by atoms with Gasteiger partial charge in [-0.2, -0.15) is 0 Å². The molecule has 1 unspecified atom stereocenters. The van der Waals surface area contributed by atoms with Gasteiger partial charge in [0.05, 0.1) is 11.6 Å². The van der Waals surface area contributed by atoms with E-state index in [1.165, 1.54) is 6.20 Å². The Bertz CT molecular complexity index is 574.